The first-order chi connectivity index (χ1) is 12.0. The Hall–Kier alpha value is -2.48. The standard InChI is InChI=1S/C17H21N5O3/c1-12-3-6-18-16(20-12)25-13-5-8-24-17(9-13)10-22(11-17)15(23)14-4-7-19-21(14)2/h3-4,6-7,13H,5,8-11H2,1-2H3. The molecule has 0 aromatic carbocycles. The first kappa shape index (κ1) is 16.0. The highest BCUT2D eigenvalue weighted by Crippen LogP contribution is 2.36. The lowest BCUT2D eigenvalue weighted by Gasteiger charge is -2.52. The molecule has 2 fully saturated rings. The minimum absolute atomic E-state index is 0.00417. The van der Waals surface area contributed by atoms with E-state index in [0.29, 0.717) is 31.4 Å². The molecule has 132 valence electrons. The van der Waals surface area contributed by atoms with Crippen molar-refractivity contribution in [2.24, 2.45) is 7.05 Å². The zero-order chi connectivity index (χ0) is 17.4. The van der Waals surface area contributed by atoms with Crippen molar-refractivity contribution in [2.75, 3.05) is 19.7 Å². The Kier molecular flexibility index (Phi) is 3.91. The minimum Gasteiger partial charge on any atom is -0.460 e. The molecule has 2 aliphatic rings. The molecule has 8 heteroatoms. The first-order valence-corrected chi connectivity index (χ1v) is 8.42. The number of likely N-dealkylation sites (tertiary alicyclic amines) is 1. The van der Waals surface area contributed by atoms with Gasteiger partial charge in [0.25, 0.3) is 5.91 Å². The molecular formula is C17H21N5O3. The van der Waals surface area contributed by atoms with Gasteiger partial charge in [0.2, 0.25) is 0 Å². The number of aryl methyl sites for hydroxylation is 2. The number of carbonyl (C=O) groups excluding carboxylic acids is 1. The van der Waals surface area contributed by atoms with Crippen LogP contribution in [0.3, 0.4) is 0 Å². The van der Waals surface area contributed by atoms with E-state index in [1.54, 1.807) is 35.1 Å². The van der Waals surface area contributed by atoms with Crippen molar-refractivity contribution in [1.82, 2.24) is 24.6 Å². The van der Waals surface area contributed by atoms with Gasteiger partial charge in [0, 0.05) is 38.0 Å². The summed E-state index contributed by atoms with van der Waals surface area (Å²) >= 11 is 0. The van der Waals surface area contributed by atoms with E-state index in [-0.39, 0.29) is 17.6 Å². The number of amides is 1. The van der Waals surface area contributed by atoms with E-state index < -0.39 is 0 Å². The molecule has 8 nitrogen and oxygen atoms in total. The largest absolute Gasteiger partial charge is 0.460 e. The Balaban J connectivity index is 1.38. The van der Waals surface area contributed by atoms with Gasteiger partial charge in [-0.1, -0.05) is 0 Å². The summed E-state index contributed by atoms with van der Waals surface area (Å²) in [5.74, 6) is -0.0146. The average Bonchev–Trinajstić information content (AvgIpc) is 2.98. The summed E-state index contributed by atoms with van der Waals surface area (Å²) in [6, 6.07) is 3.98. The number of hydrogen-bond donors (Lipinski definition) is 0. The lowest BCUT2D eigenvalue weighted by Crippen LogP contribution is -2.67. The summed E-state index contributed by atoms with van der Waals surface area (Å²) in [6.45, 7) is 3.68. The lowest BCUT2D eigenvalue weighted by atomic mass is 9.84. The Bertz CT molecular complexity index is 784. The van der Waals surface area contributed by atoms with Gasteiger partial charge in [-0.2, -0.15) is 5.10 Å². The molecule has 0 bridgehead atoms. The molecule has 1 atom stereocenters. The van der Waals surface area contributed by atoms with E-state index >= 15 is 0 Å². The number of hydrogen-bond acceptors (Lipinski definition) is 6. The first-order valence-electron chi connectivity index (χ1n) is 8.42. The Morgan fingerprint density at radius 1 is 1.36 bits per heavy atom. The molecule has 0 radical (unpaired) electrons. The molecule has 1 spiro atoms. The maximum atomic E-state index is 12.5. The van der Waals surface area contributed by atoms with Crippen molar-refractivity contribution in [3.05, 3.63) is 35.9 Å². The second kappa shape index (κ2) is 6.11. The van der Waals surface area contributed by atoms with Gasteiger partial charge in [-0.3, -0.25) is 9.48 Å². The topological polar surface area (TPSA) is 82.4 Å². The minimum atomic E-state index is -0.318. The summed E-state index contributed by atoms with van der Waals surface area (Å²) in [5, 5.41) is 4.05. The van der Waals surface area contributed by atoms with Crippen LogP contribution in [0, 0.1) is 6.92 Å². The van der Waals surface area contributed by atoms with Crippen molar-refractivity contribution < 1.29 is 14.3 Å². The Labute approximate surface area is 145 Å². The maximum Gasteiger partial charge on any atom is 0.316 e. The van der Waals surface area contributed by atoms with Crippen LogP contribution in [0.15, 0.2) is 24.5 Å². The summed E-state index contributed by atoms with van der Waals surface area (Å²) in [7, 11) is 1.77. The number of nitrogens with zero attached hydrogens (tertiary/aromatic N) is 5. The van der Waals surface area contributed by atoms with Gasteiger partial charge in [0.1, 0.15) is 17.4 Å². The highest BCUT2D eigenvalue weighted by molar-refractivity contribution is 5.93. The predicted molar refractivity (Wildman–Crippen MR) is 88.2 cm³/mol. The van der Waals surface area contributed by atoms with Gasteiger partial charge >= 0.3 is 6.01 Å². The molecule has 4 rings (SSSR count). The zero-order valence-corrected chi connectivity index (χ0v) is 14.4. The van der Waals surface area contributed by atoms with Crippen LogP contribution >= 0.6 is 0 Å². The van der Waals surface area contributed by atoms with E-state index in [2.05, 4.69) is 15.1 Å². The van der Waals surface area contributed by atoms with E-state index in [0.717, 1.165) is 18.5 Å². The molecule has 2 saturated heterocycles. The fourth-order valence-corrected chi connectivity index (χ4v) is 3.47. The van der Waals surface area contributed by atoms with Gasteiger partial charge in [0.15, 0.2) is 0 Å². The van der Waals surface area contributed by atoms with Crippen LogP contribution in [0.1, 0.15) is 29.0 Å². The van der Waals surface area contributed by atoms with Crippen molar-refractivity contribution in [2.45, 2.75) is 31.5 Å². The van der Waals surface area contributed by atoms with Crippen molar-refractivity contribution >= 4 is 5.91 Å². The number of rotatable bonds is 3. The van der Waals surface area contributed by atoms with Crippen LogP contribution in [-0.4, -0.2) is 62.0 Å². The van der Waals surface area contributed by atoms with Crippen LogP contribution < -0.4 is 4.74 Å². The van der Waals surface area contributed by atoms with Crippen LogP contribution in [-0.2, 0) is 11.8 Å². The zero-order valence-electron chi connectivity index (χ0n) is 14.4. The van der Waals surface area contributed by atoms with E-state index in [4.69, 9.17) is 9.47 Å². The monoisotopic (exact) mass is 343 g/mol. The van der Waals surface area contributed by atoms with E-state index in [9.17, 15) is 4.79 Å². The normalized spacial score (nSPS) is 21.8. The molecule has 2 aliphatic heterocycles. The Morgan fingerprint density at radius 3 is 2.92 bits per heavy atom. The molecule has 0 N–H and O–H groups in total. The van der Waals surface area contributed by atoms with Crippen LogP contribution in [0.25, 0.3) is 0 Å². The predicted octanol–water partition coefficient (Wildman–Crippen LogP) is 0.971. The molecule has 2 aromatic rings. The molecule has 1 unspecified atom stereocenters. The van der Waals surface area contributed by atoms with Crippen LogP contribution in [0.5, 0.6) is 6.01 Å². The van der Waals surface area contributed by atoms with Gasteiger partial charge < -0.3 is 14.4 Å². The second-order valence-corrected chi connectivity index (χ2v) is 6.75. The van der Waals surface area contributed by atoms with E-state index in [1.807, 2.05) is 13.0 Å². The number of carbonyl (C=O) groups is 1. The van der Waals surface area contributed by atoms with Crippen LogP contribution in [0.2, 0.25) is 0 Å². The summed E-state index contributed by atoms with van der Waals surface area (Å²) < 4.78 is 13.5. The molecule has 2 aromatic heterocycles. The maximum absolute atomic E-state index is 12.5. The third-order valence-electron chi connectivity index (χ3n) is 4.78. The van der Waals surface area contributed by atoms with Gasteiger partial charge in [-0.15, -0.1) is 0 Å². The number of ether oxygens (including phenoxy) is 2. The molecule has 4 heterocycles. The smallest absolute Gasteiger partial charge is 0.316 e. The summed E-state index contributed by atoms with van der Waals surface area (Å²) in [6.07, 6.45) is 4.87. The Morgan fingerprint density at radius 2 is 2.20 bits per heavy atom. The third-order valence-corrected chi connectivity index (χ3v) is 4.78. The lowest BCUT2D eigenvalue weighted by molar-refractivity contribution is -0.174. The average molecular weight is 343 g/mol. The van der Waals surface area contributed by atoms with Gasteiger partial charge in [-0.25, -0.2) is 9.97 Å². The van der Waals surface area contributed by atoms with Crippen LogP contribution in [0.4, 0.5) is 0 Å². The SMILES string of the molecule is Cc1ccnc(OC2CCOC3(C2)CN(C(=O)c2ccnn2C)C3)n1. The highest BCUT2D eigenvalue weighted by Gasteiger charge is 2.50. The molecule has 1 amide bonds. The molecule has 0 aliphatic carbocycles. The quantitative estimate of drug-likeness (QED) is 0.826. The third kappa shape index (κ3) is 3.09. The van der Waals surface area contributed by atoms with E-state index in [1.165, 1.54) is 0 Å². The van der Waals surface area contributed by atoms with Crippen molar-refractivity contribution in [1.29, 1.82) is 0 Å². The summed E-state index contributed by atoms with van der Waals surface area (Å²) in [5.41, 5.74) is 1.15. The molecule has 25 heavy (non-hydrogen) atoms. The number of aromatic nitrogens is 4. The van der Waals surface area contributed by atoms with Gasteiger partial charge in [-0.05, 0) is 19.1 Å². The molecular weight excluding hydrogens is 322 g/mol. The van der Waals surface area contributed by atoms with Gasteiger partial charge in [0.05, 0.1) is 19.7 Å². The highest BCUT2D eigenvalue weighted by atomic mass is 16.5. The summed E-state index contributed by atoms with van der Waals surface area (Å²) in [4.78, 5) is 22.8. The second-order valence-electron chi connectivity index (χ2n) is 6.75. The fourth-order valence-electron chi connectivity index (χ4n) is 3.47. The van der Waals surface area contributed by atoms with Crippen molar-refractivity contribution in [3.8, 4) is 6.01 Å². The fraction of sp³-hybridized carbons (Fsp3) is 0.529. The van der Waals surface area contributed by atoms with Crippen molar-refractivity contribution in [3.63, 3.8) is 0 Å². The molecule has 0 saturated carbocycles.